The van der Waals surface area contributed by atoms with E-state index in [1.807, 2.05) is 36.4 Å². The fourth-order valence-electron chi connectivity index (χ4n) is 2.36. The number of aryl methyl sites for hydroxylation is 1. The van der Waals surface area contributed by atoms with Gasteiger partial charge in [-0.1, -0.05) is 30.0 Å². The number of rotatable bonds is 0. The van der Waals surface area contributed by atoms with Crippen molar-refractivity contribution in [1.29, 1.82) is 0 Å². The minimum atomic E-state index is -0.380. The van der Waals surface area contributed by atoms with Crippen LogP contribution in [0, 0.1) is 11.8 Å². The molecular weight excluding hydrogens is 234 g/mol. The van der Waals surface area contributed by atoms with Gasteiger partial charge in [-0.25, -0.2) is 0 Å². The second kappa shape index (κ2) is 5.26. The number of aliphatic hydroxyl groups excluding tert-OH is 1. The highest BCUT2D eigenvalue weighted by molar-refractivity contribution is 5.44. The van der Waals surface area contributed by atoms with Gasteiger partial charge < -0.3 is 5.11 Å². The summed E-state index contributed by atoms with van der Waals surface area (Å²) in [6.07, 6.45) is 4.21. The number of pyridine rings is 1. The molecule has 0 saturated carbocycles. The first-order chi connectivity index (χ1) is 9.33. The van der Waals surface area contributed by atoms with Crippen LogP contribution in [0.15, 0.2) is 42.6 Å². The second-order valence-corrected chi connectivity index (χ2v) is 4.78. The molecule has 94 valence electrons. The molecule has 2 heteroatoms. The van der Waals surface area contributed by atoms with Gasteiger partial charge in [0.05, 0.1) is 6.10 Å². The van der Waals surface area contributed by atoms with Gasteiger partial charge >= 0.3 is 0 Å². The number of nitrogens with zero attached hydrogens (tertiary/aromatic N) is 1. The van der Waals surface area contributed by atoms with Gasteiger partial charge in [0.1, 0.15) is 0 Å². The zero-order valence-corrected chi connectivity index (χ0v) is 10.6. The van der Waals surface area contributed by atoms with Crippen LogP contribution < -0.4 is 0 Å². The highest BCUT2D eigenvalue weighted by atomic mass is 16.3. The topological polar surface area (TPSA) is 33.1 Å². The molecule has 1 aromatic heterocycles. The van der Waals surface area contributed by atoms with Gasteiger partial charge in [0, 0.05) is 28.6 Å². The predicted molar refractivity (Wildman–Crippen MR) is 74.6 cm³/mol. The van der Waals surface area contributed by atoms with E-state index in [0.717, 1.165) is 41.6 Å². The number of hydrogen-bond acceptors (Lipinski definition) is 2. The molecule has 1 unspecified atom stereocenters. The van der Waals surface area contributed by atoms with Crippen LogP contribution in [0.1, 0.15) is 41.3 Å². The Morgan fingerprint density at radius 1 is 1.11 bits per heavy atom. The largest absolute Gasteiger partial charge is 0.388 e. The van der Waals surface area contributed by atoms with Crippen molar-refractivity contribution in [2.24, 2.45) is 0 Å². The van der Waals surface area contributed by atoms with Crippen molar-refractivity contribution in [2.45, 2.75) is 25.4 Å². The molecule has 0 saturated heterocycles. The number of benzene rings is 1. The maximum Gasteiger partial charge on any atom is 0.0808 e. The number of hydrogen-bond donors (Lipinski definition) is 1. The monoisotopic (exact) mass is 249 g/mol. The van der Waals surface area contributed by atoms with E-state index in [1.165, 1.54) is 0 Å². The molecule has 1 heterocycles. The molecular formula is C17H15NO. The van der Waals surface area contributed by atoms with Gasteiger partial charge in [0.15, 0.2) is 0 Å². The summed E-state index contributed by atoms with van der Waals surface area (Å²) in [4.78, 5) is 4.42. The summed E-state index contributed by atoms with van der Waals surface area (Å²) in [5.74, 6) is 6.22. The Labute approximate surface area is 113 Å². The molecule has 1 aromatic carbocycles. The average molecular weight is 249 g/mol. The van der Waals surface area contributed by atoms with E-state index < -0.39 is 0 Å². The quantitative estimate of drug-likeness (QED) is 0.728. The van der Waals surface area contributed by atoms with Crippen LogP contribution in [0.4, 0.5) is 0 Å². The third-order valence-corrected chi connectivity index (χ3v) is 3.38. The van der Waals surface area contributed by atoms with Crippen molar-refractivity contribution in [1.82, 2.24) is 4.98 Å². The molecule has 2 nitrogen and oxygen atoms in total. The minimum Gasteiger partial charge on any atom is -0.388 e. The maximum atomic E-state index is 9.98. The highest BCUT2D eigenvalue weighted by Crippen LogP contribution is 2.28. The Morgan fingerprint density at radius 2 is 1.89 bits per heavy atom. The molecule has 3 rings (SSSR count). The lowest BCUT2D eigenvalue weighted by atomic mass is 9.92. The molecule has 0 aliphatic heterocycles. The van der Waals surface area contributed by atoms with Crippen LogP contribution in [0.5, 0.6) is 0 Å². The van der Waals surface area contributed by atoms with Gasteiger partial charge in [-0.05, 0) is 37.5 Å². The molecule has 0 bridgehead atoms. The van der Waals surface area contributed by atoms with Crippen molar-refractivity contribution in [3.8, 4) is 11.8 Å². The molecule has 0 spiro atoms. The first-order valence-electron chi connectivity index (χ1n) is 6.57. The first-order valence-corrected chi connectivity index (χ1v) is 6.57. The van der Waals surface area contributed by atoms with Gasteiger partial charge in [-0.15, -0.1) is 0 Å². The average Bonchev–Trinajstić information content (AvgIpc) is 2.47. The molecule has 2 aromatic rings. The Hall–Kier alpha value is -2.11. The number of fused-ring (bicyclic) bond motifs is 1. The van der Waals surface area contributed by atoms with Crippen LogP contribution in [0.2, 0.25) is 0 Å². The number of aromatic nitrogens is 1. The summed E-state index contributed by atoms with van der Waals surface area (Å²) >= 11 is 0. The van der Waals surface area contributed by atoms with E-state index in [0.29, 0.717) is 0 Å². The SMILES string of the molecule is OC1CCCc2ncc(C#Cc3ccccc3)cc21. The van der Waals surface area contributed by atoms with Crippen molar-refractivity contribution >= 4 is 0 Å². The normalized spacial score (nSPS) is 17.2. The summed E-state index contributed by atoms with van der Waals surface area (Å²) in [6, 6.07) is 11.9. The summed E-state index contributed by atoms with van der Waals surface area (Å²) in [5, 5.41) is 9.98. The van der Waals surface area contributed by atoms with Crippen LogP contribution in [0.25, 0.3) is 0 Å². The zero-order chi connectivity index (χ0) is 13.1. The Bertz CT molecular complexity index is 637. The Morgan fingerprint density at radius 3 is 2.74 bits per heavy atom. The molecule has 1 atom stereocenters. The summed E-state index contributed by atoms with van der Waals surface area (Å²) in [5.41, 5.74) is 3.82. The zero-order valence-electron chi connectivity index (χ0n) is 10.6. The van der Waals surface area contributed by atoms with Crippen molar-refractivity contribution in [2.75, 3.05) is 0 Å². The molecule has 19 heavy (non-hydrogen) atoms. The lowest BCUT2D eigenvalue weighted by Crippen LogP contribution is -2.11. The standard InChI is InChI=1S/C17H15NO/c19-17-8-4-7-16-15(17)11-14(12-18-16)10-9-13-5-2-1-3-6-13/h1-3,5-6,11-12,17,19H,4,7-8H2. The molecule has 0 amide bonds. The second-order valence-electron chi connectivity index (χ2n) is 4.78. The summed E-state index contributed by atoms with van der Waals surface area (Å²) in [6.45, 7) is 0. The minimum absolute atomic E-state index is 0.380. The highest BCUT2D eigenvalue weighted by Gasteiger charge is 2.18. The van der Waals surface area contributed by atoms with Crippen molar-refractivity contribution in [3.05, 3.63) is 65.0 Å². The third-order valence-electron chi connectivity index (χ3n) is 3.38. The van der Waals surface area contributed by atoms with Crippen LogP contribution >= 0.6 is 0 Å². The predicted octanol–water partition coefficient (Wildman–Crippen LogP) is 2.85. The van der Waals surface area contributed by atoms with Crippen molar-refractivity contribution in [3.63, 3.8) is 0 Å². The third kappa shape index (κ3) is 2.67. The lowest BCUT2D eigenvalue weighted by Gasteiger charge is -2.20. The van der Waals surface area contributed by atoms with Crippen LogP contribution in [0.3, 0.4) is 0 Å². The Kier molecular flexibility index (Phi) is 3.31. The van der Waals surface area contributed by atoms with Gasteiger partial charge in [-0.3, -0.25) is 4.98 Å². The van der Waals surface area contributed by atoms with Gasteiger partial charge in [-0.2, -0.15) is 0 Å². The van der Waals surface area contributed by atoms with Gasteiger partial charge in [0.25, 0.3) is 0 Å². The van der Waals surface area contributed by atoms with Gasteiger partial charge in [0.2, 0.25) is 0 Å². The fourth-order valence-corrected chi connectivity index (χ4v) is 2.36. The molecule has 0 fully saturated rings. The van der Waals surface area contributed by atoms with Crippen molar-refractivity contribution < 1.29 is 5.11 Å². The van der Waals surface area contributed by atoms with E-state index in [4.69, 9.17) is 0 Å². The molecule has 1 aliphatic rings. The smallest absolute Gasteiger partial charge is 0.0808 e. The van der Waals surface area contributed by atoms with Crippen LogP contribution in [-0.2, 0) is 6.42 Å². The molecule has 1 N–H and O–H groups in total. The summed E-state index contributed by atoms with van der Waals surface area (Å²) < 4.78 is 0. The molecule has 1 aliphatic carbocycles. The lowest BCUT2D eigenvalue weighted by molar-refractivity contribution is 0.155. The van der Waals surface area contributed by atoms with E-state index in [-0.39, 0.29) is 6.10 Å². The van der Waals surface area contributed by atoms with E-state index in [2.05, 4.69) is 16.8 Å². The fraction of sp³-hybridized carbons (Fsp3) is 0.235. The maximum absolute atomic E-state index is 9.98. The van der Waals surface area contributed by atoms with Crippen LogP contribution in [-0.4, -0.2) is 10.1 Å². The first kappa shape index (κ1) is 12.0. The molecule has 0 radical (unpaired) electrons. The summed E-state index contributed by atoms with van der Waals surface area (Å²) in [7, 11) is 0. The van der Waals surface area contributed by atoms with E-state index >= 15 is 0 Å². The Balaban J connectivity index is 1.91. The number of aliphatic hydroxyl groups is 1. The van der Waals surface area contributed by atoms with E-state index in [1.54, 1.807) is 6.20 Å². The van der Waals surface area contributed by atoms with E-state index in [9.17, 15) is 5.11 Å².